The Kier molecular flexibility index (Phi) is 7.07. The van der Waals surface area contributed by atoms with Gasteiger partial charge in [0.05, 0.1) is 11.0 Å². The minimum atomic E-state index is -0.452. The van der Waals surface area contributed by atoms with Gasteiger partial charge in [-0.3, -0.25) is 24.6 Å². The van der Waals surface area contributed by atoms with Crippen LogP contribution in [-0.2, 0) is 4.79 Å². The number of hydrogen-bond donors (Lipinski definition) is 0. The molecule has 2 amide bonds. The molecule has 2 fully saturated rings. The van der Waals surface area contributed by atoms with Gasteiger partial charge in [-0.2, -0.15) is 0 Å². The lowest BCUT2D eigenvalue weighted by molar-refractivity contribution is -0.385. The van der Waals surface area contributed by atoms with Crippen LogP contribution < -0.4 is 0 Å². The number of carbonyl (C=O) groups excluding carboxylic acids is 2. The summed E-state index contributed by atoms with van der Waals surface area (Å²) in [5, 5.41) is 11.2. The van der Waals surface area contributed by atoms with Gasteiger partial charge >= 0.3 is 0 Å². The molecule has 8 nitrogen and oxygen atoms in total. The summed E-state index contributed by atoms with van der Waals surface area (Å²) >= 11 is 0. The average Bonchev–Trinajstić information content (AvgIpc) is 3.27. The van der Waals surface area contributed by atoms with Gasteiger partial charge in [0, 0.05) is 57.0 Å². The van der Waals surface area contributed by atoms with Crippen molar-refractivity contribution in [2.45, 2.75) is 45.6 Å². The molecule has 30 heavy (non-hydrogen) atoms. The number of carbonyl (C=O) groups is 2. The lowest BCUT2D eigenvalue weighted by atomic mass is 9.94. The summed E-state index contributed by atoms with van der Waals surface area (Å²) in [4.78, 5) is 42.5. The van der Waals surface area contributed by atoms with Crippen LogP contribution in [0.2, 0.25) is 0 Å². The van der Waals surface area contributed by atoms with E-state index in [4.69, 9.17) is 0 Å². The van der Waals surface area contributed by atoms with E-state index in [2.05, 4.69) is 4.90 Å². The summed E-state index contributed by atoms with van der Waals surface area (Å²) in [6.07, 6.45) is 4.52. The van der Waals surface area contributed by atoms with Crippen molar-refractivity contribution < 1.29 is 14.5 Å². The number of nitro groups is 1. The Morgan fingerprint density at radius 3 is 2.40 bits per heavy atom. The van der Waals surface area contributed by atoms with E-state index < -0.39 is 4.92 Å². The Morgan fingerprint density at radius 2 is 1.83 bits per heavy atom. The fraction of sp³-hybridized carbons (Fsp3) is 0.636. The highest BCUT2D eigenvalue weighted by molar-refractivity contribution is 5.95. The summed E-state index contributed by atoms with van der Waals surface area (Å²) < 4.78 is 0. The molecule has 1 heterocycles. The summed E-state index contributed by atoms with van der Waals surface area (Å²) in [6.45, 7) is 6.67. The van der Waals surface area contributed by atoms with Gasteiger partial charge in [0.2, 0.25) is 5.91 Å². The molecule has 0 bridgehead atoms. The predicted octanol–water partition coefficient (Wildman–Crippen LogP) is 2.70. The fourth-order valence-corrected chi connectivity index (χ4v) is 4.64. The van der Waals surface area contributed by atoms with E-state index in [1.165, 1.54) is 18.9 Å². The molecule has 0 radical (unpaired) electrons. The van der Waals surface area contributed by atoms with Crippen molar-refractivity contribution in [1.82, 2.24) is 14.7 Å². The molecule has 1 aromatic rings. The largest absolute Gasteiger partial charge is 0.345 e. The van der Waals surface area contributed by atoms with Crippen molar-refractivity contribution in [3.8, 4) is 0 Å². The molecule has 3 rings (SSSR count). The fourth-order valence-electron chi connectivity index (χ4n) is 4.64. The van der Waals surface area contributed by atoms with Crippen LogP contribution in [0.3, 0.4) is 0 Å². The van der Waals surface area contributed by atoms with E-state index >= 15 is 0 Å². The zero-order chi connectivity index (χ0) is 21.8. The minimum absolute atomic E-state index is 0.0333. The lowest BCUT2D eigenvalue weighted by Gasteiger charge is -2.41. The number of hydrogen-bond acceptors (Lipinski definition) is 5. The van der Waals surface area contributed by atoms with Crippen molar-refractivity contribution >= 4 is 17.5 Å². The van der Waals surface area contributed by atoms with Crippen LogP contribution in [0, 0.1) is 23.0 Å². The van der Waals surface area contributed by atoms with E-state index in [1.807, 2.05) is 14.0 Å². The number of nitro benzene ring substituents is 1. The third kappa shape index (κ3) is 4.64. The van der Waals surface area contributed by atoms with Crippen molar-refractivity contribution in [3.05, 3.63) is 39.4 Å². The second-order valence-electron chi connectivity index (χ2n) is 8.43. The third-order valence-electron chi connectivity index (χ3n) is 6.60. The molecule has 0 spiro atoms. The highest BCUT2D eigenvalue weighted by atomic mass is 16.6. The second kappa shape index (κ2) is 9.55. The SMILES string of the molecule is CCN(C)C(=O)[C@H](C1CCCC1)N1CCN(C(=O)c2ccc(C)c([N+](=O)[O-])c2)CC1. The molecule has 1 aliphatic carbocycles. The summed E-state index contributed by atoms with van der Waals surface area (Å²) in [5.41, 5.74) is 0.850. The van der Waals surface area contributed by atoms with E-state index in [9.17, 15) is 19.7 Å². The first-order chi connectivity index (χ1) is 14.3. The van der Waals surface area contributed by atoms with Gasteiger partial charge in [-0.25, -0.2) is 0 Å². The van der Waals surface area contributed by atoms with Crippen LogP contribution in [0.15, 0.2) is 18.2 Å². The van der Waals surface area contributed by atoms with Crippen molar-refractivity contribution in [1.29, 1.82) is 0 Å². The molecule has 0 N–H and O–H groups in total. The van der Waals surface area contributed by atoms with Crippen molar-refractivity contribution in [2.75, 3.05) is 39.8 Å². The minimum Gasteiger partial charge on any atom is -0.345 e. The zero-order valence-corrected chi connectivity index (χ0v) is 18.2. The molecule has 0 unspecified atom stereocenters. The molecule has 1 atom stereocenters. The summed E-state index contributed by atoms with van der Waals surface area (Å²) in [6, 6.07) is 4.52. The first kappa shape index (κ1) is 22.2. The molecular weight excluding hydrogens is 384 g/mol. The quantitative estimate of drug-likeness (QED) is 0.526. The van der Waals surface area contributed by atoms with Crippen molar-refractivity contribution in [3.63, 3.8) is 0 Å². The van der Waals surface area contributed by atoms with E-state index in [0.717, 1.165) is 12.8 Å². The topological polar surface area (TPSA) is 87.0 Å². The molecule has 1 aromatic carbocycles. The zero-order valence-electron chi connectivity index (χ0n) is 18.2. The lowest BCUT2D eigenvalue weighted by Crippen LogP contribution is -2.58. The van der Waals surface area contributed by atoms with Gasteiger partial charge in [-0.05, 0) is 38.7 Å². The maximum Gasteiger partial charge on any atom is 0.273 e. The van der Waals surface area contributed by atoms with E-state index in [0.29, 0.717) is 49.8 Å². The molecule has 8 heteroatoms. The van der Waals surface area contributed by atoms with Gasteiger partial charge in [-0.15, -0.1) is 0 Å². The summed E-state index contributed by atoms with van der Waals surface area (Å²) in [7, 11) is 1.86. The van der Waals surface area contributed by atoms with E-state index in [-0.39, 0.29) is 23.5 Å². The third-order valence-corrected chi connectivity index (χ3v) is 6.60. The highest BCUT2D eigenvalue weighted by Crippen LogP contribution is 2.32. The number of likely N-dealkylation sites (N-methyl/N-ethyl adjacent to an activating group) is 1. The van der Waals surface area contributed by atoms with Crippen LogP contribution >= 0.6 is 0 Å². The maximum absolute atomic E-state index is 13.1. The summed E-state index contributed by atoms with van der Waals surface area (Å²) in [5.74, 6) is 0.374. The molecule has 1 saturated heterocycles. The van der Waals surface area contributed by atoms with E-state index in [1.54, 1.807) is 28.9 Å². The maximum atomic E-state index is 13.1. The predicted molar refractivity (Wildman–Crippen MR) is 114 cm³/mol. The highest BCUT2D eigenvalue weighted by Gasteiger charge is 2.38. The first-order valence-electron chi connectivity index (χ1n) is 10.9. The Morgan fingerprint density at radius 1 is 1.20 bits per heavy atom. The molecule has 2 aliphatic rings. The molecule has 164 valence electrons. The Labute approximate surface area is 178 Å². The number of benzene rings is 1. The van der Waals surface area contributed by atoms with Crippen LogP contribution in [0.1, 0.15) is 48.5 Å². The Bertz CT molecular complexity index is 798. The van der Waals surface area contributed by atoms with Crippen molar-refractivity contribution in [2.24, 2.45) is 5.92 Å². The monoisotopic (exact) mass is 416 g/mol. The molecule has 0 aromatic heterocycles. The second-order valence-corrected chi connectivity index (χ2v) is 8.43. The Balaban J connectivity index is 1.69. The van der Waals surface area contributed by atoms with Crippen LogP contribution in [0.5, 0.6) is 0 Å². The van der Waals surface area contributed by atoms with Crippen LogP contribution in [0.25, 0.3) is 0 Å². The van der Waals surface area contributed by atoms with Gasteiger partial charge < -0.3 is 9.80 Å². The van der Waals surface area contributed by atoms with Gasteiger partial charge in [0.1, 0.15) is 0 Å². The molecule has 1 aliphatic heterocycles. The average molecular weight is 417 g/mol. The van der Waals surface area contributed by atoms with Gasteiger partial charge in [0.25, 0.3) is 11.6 Å². The van der Waals surface area contributed by atoms with Gasteiger partial charge in [-0.1, -0.05) is 18.9 Å². The number of aryl methyl sites for hydroxylation is 1. The number of nitrogens with zero attached hydrogens (tertiary/aromatic N) is 4. The number of piperazine rings is 1. The number of amides is 2. The van der Waals surface area contributed by atoms with Gasteiger partial charge in [0.15, 0.2) is 0 Å². The smallest absolute Gasteiger partial charge is 0.273 e. The normalized spacial score (nSPS) is 19.0. The standard InChI is InChI=1S/C22H32N4O4/c1-4-23(3)22(28)20(17-7-5-6-8-17)24-11-13-25(14-12-24)21(27)18-10-9-16(2)19(15-18)26(29)30/h9-10,15,17,20H,4-8,11-14H2,1-3H3/t20-/m0/s1. The Hall–Kier alpha value is -2.48. The molecular formula is C22H32N4O4. The molecule has 1 saturated carbocycles. The number of rotatable bonds is 6. The van der Waals surface area contributed by atoms with Crippen LogP contribution in [0.4, 0.5) is 5.69 Å². The first-order valence-corrected chi connectivity index (χ1v) is 10.9. The van der Waals surface area contributed by atoms with Crippen LogP contribution in [-0.4, -0.2) is 77.3 Å².